The molecular formula is C28H32KN5O4. The van der Waals surface area contributed by atoms with Crippen molar-refractivity contribution in [3.8, 4) is 22.5 Å². The van der Waals surface area contributed by atoms with Gasteiger partial charge in [0.25, 0.3) is 5.56 Å². The van der Waals surface area contributed by atoms with Crippen LogP contribution in [0.25, 0.3) is 22.5 Å². The van der Waals surface area contributed by atoms with E-state index >= 15 is 0 Å². The molecule has 1 aliphatic heterocycles. The van der Waals surface area contributed by atoms with Gasteiger partial charge in [0, 0.05) is 37.2 Å². The van der Waals surface area contributed by atoms with E-state index in [2.05, 4.69) is 33.4 Å². The maximum Gasteiger partial charge on any atom is 1.00 e. The normalized spacial score (nSPS) is 14.7. The summed E-state index contributed by atoms with van der Waals surface area (Å²) in [5.41, 5.74) is 4.47. The fourth-order valence-electron chi connectivity index (χ4n) is 4.78. The Labute approximate surface area is 265 Å². The maximum atomic E-state index is 13.3. The van der Waals surface area contributed by atoms with Crippen LogP contribution in [0.15, 0.2) is 68.7 Å². The van der Waals surface area contributed by atoms with E-state index in [0.717, 1.165) is 59.7 Å². The van der Waals surface area contributed by atoms with Crippen LogP contribution in [-0.2, 0) is 17.7 Å². The zero-order valence-electron chi connectivity index (χ0n) is 23.1. The SMILES string of the molecule is CCCc1nc(C(C)N2CCOCC2)cc(=O)n1Cc1ccc(-c2ccccc2-c2noc(=O)[nH]2)cc1.[H-].[K+]. The van der Waals surface area contributed by atoms with E-state index in [1.807, 2.05) is 48.5 Å². The summed E-state index contributed by atoms with van der Waals surface area (Å²) in [4.78, 5) is 34.6. The summed E-state index contributed by atoms with van der Waals surface area (Å²) in [5, 5.41) is 3.83. The number of nitrogens with zero attached hydrogens (tertiary/aromatic N) is 4. The van der Waals surface area contributed by atoms with E-state index in [-0.39, 0.29) is 64.4 Å². The molecule has 4 aromatic rings. The molecule has 0 spiro atoms. The molecule has 0 bridgehead atoms. The fourth-order valence-corrected chi connectivity index (χ4v) is 4.78. The number of hydrogen-bond donors (Lipinski definition) is 1. The Hall–Kier alpha value is -2.18. The predicted molar refractivity (Wildman–Crippen MR) is 142 cm³/mol. The molecule has 0 radical (unpaired) electrons. The zero-order valence-corrected chi connectivity index (χ0v) is 25.3. The van der Waals surface area contributed by atoms with Crippen molar-refractivity contribution in [3.05, 3.63) is 92.6 Å². The molecule has 1 fully saturated rings. The molecule has 0 amide bonds. The van der Waals surface area contributed by atoms with Crippen molar-refractivity contribution < 1.29 is 62.1 Å². The smallest absolute Gasteiger partial charge is 1.00 e. The number of aryl methyl sites for hydroxylation is 1. The Morgan fingerprint density at radius 2 is 1.76 bits per heavy atom. The molecule has 3 heterocycles. The van der Waals surface area contributed by atoms with Gasteiger partial charge in [-0.2, -0.15) is 0 Å². The first-order valence-electron chi connectivity index (χ1n) is 12.7. The van der Waals surface area contributed by atoms with Crippen LogP contribution in [-0.4, -0.2) is 50.9 Å². The summed E-state index contributed by atoms with van der Waals surface area (Å²) in [7, 11) is 0. The number of aromatic nitrogens is 4. The molecule has 10 heteroatoms. The van der Waals surface area contributed by atoms with E-state index in [9.17, 15) is 9.59 Å². The van der Waals surface area contributed by atoms with Gasteiger partial charge in [0.2, 0.25) is 0 Å². The van der Waals surface area contributed by atoms with Gasteiger partial charge in [-0.15, -0.1) is 0 Å². The molecule has 1 aliphatic rings. The molecule has 1 N–H and O–H groups in total. The summed E-state index contributed by atoms with van der Waals surface area (Å²) in [6.45, 7) is 7.77. The molecule has 1 atom stereocenters. The number of morpholine rings is 1. The summed E-state index contributed by atoms with van der Waals surface area (Å²) >= 11 is 0. The first-order chi connectivity index (χ1) is 18.0. The molecule has 0 saturated carbocycles. The van der Waals surface area contributed by atoms with Gasteiger partial charge in [-0.05, 0) is 30.0 Å². The monoisotopic (exact) mass is 541 g/mol. The molecular weight excluding hydrogens is 509 g/mol. The minimum absolute atomic E-state index is 0. The largest absolute Gasteiger partial charge is 1.00 e. The minimum Gasteiger partial charge on any atom is -1.00 e. The van der Waals surface area contributed by atoms with Crippen LogP contribution in [0.5, 0.6) is 0 Å². The standard InChI is InChI=1S/C28H31N5O4.K.H/c1-3-6-25-29-24(19(2)32-13-15-36-16-14-32)17-26(34)33(25)18-20-9-11-21(12-10-20)22-7-4-5-8-23(22)27-30-28(35)37-31-27;;/h4-5,7-12,17,19H,3,6,13-16,18H2,1-2H3,(H,30,31,35);;/q;+1;-1. The Bertz CT molecular complexity index is 1480. The van der Waals surface area contributed by atoms with Gasteiger partial charge in [-0.3, -0.25) is 23.8 Å². The predicted octanol–water partition coefficient (Wildman–Crippen LogP) is 0.764. The summed E-state index contributed by atoms with van der Waals surface area (Å²) < 4.78 is 11.9. The molecule has 0 aliphatic carbocycles. The second kappa shape index (κ2) is 13.3. The van der Waals surface area contributed by atoms with E-state index in [4.69, 9.17) is 9.72 Å². The average Bonchev–Trinajstić information content (AvgIpc) is 3.37. The van der Waals surface area contributed by atoms with Crippen molar-refractivity contribution in [1.29, 1.82) is 0 Å². The van der Waals surface area contributed by atoms with Gasteiger partial charge in [-0.1, -0.05) is 60.6 Å². The van der Waals surface area contributed by atoms with Crippen molar-refractivity contribution in [2.45, 2.75) is 39.3 Å². The molecule has 1 unspecified atom stereocenters. The molecule has 2 aromatic heterocycles. The third-order valence-electron chi connectivity index (χ3n) is 6.83. The average molecular weight is 542 g/mol. The number of ether oxygens (including phenoxy) is 1. The van der Waals surface area contributed by atoms with Crippen molar-refractivity contribution >= 4 is 0 Å². The van der Waals surface area contributed by atoms with E-state index in [1.54, 1.807) is 10.6 Å². The van der Waals surface area contributed by atoms with Gasteiger partial charge < -0.3 is 6.16 Å². The molecule has 194 valence electrons. The number of H-pyrrole nitrogens is 1. The Kier molecular flexibility index (Phi) is 10.0. The molecule has 2 aromatic carbocycles. The maximum absolute atomic E-state index is 13.3. The summed E-state index contributed by atoms with van der Waals surface area (Å²) in [6.07, 6.45) is 1.64. The molecule has 9 nitrogen and oxygen atoms in total. The second-order valence-electron chi connectivity index (χ2n) is 9.28. The van der Waals surface area contributed by atoms with Crippen LogP contribution < -0.4 is 62.7 Å². The van der Waals surface area contributed by atoms with Crippen molar-refractivity contribution in [1.82, 2.24) is 24.6 Å². The van der Waals surface area contributed by atoms with Crippen molar-refractivity contribution in [2.75, 3.05) is 26.3 Å². The van der Waals surface area contributed by atoms with Gasteiger partial charge in [-0.25, -0.2) is 9.78 Å². The van der Waals surface area contributed by atoms with Crippen LogP contribution >= 0.6 is 0 Å². The van der Waals surface area contributed by atoms with Crippen LogP contribution in [0.2, 0.25) is 0 Å². The zero-order chi connectivity index (χ0) is 25.8. The second-order valence-corrected chi connectivity index (χ2v) is 9.28. The first kappa shape index (κ1) is 28.8. The van der Waals surface area contributed by atoms with E-state index < -0.39 is 5.76 Å². The van der Waals surface area contributed by atoms with Gasteiger partial charge in [0.1, 0.15) is 5.82 Å². The topological polar surface area (TPSA) is 106 Å². The molecule has 38 heavy (non-hydrogen) atoms. The van der Waals surface area contributed by atoms with Crippen LogP contribution in [0.1, 0.15) is 44.8 Å². The molecule has 5 rings (SSSR count). The van der Waals surface area contributed by atoms with Gasteiger partial charge in [0.15, 0.2) is 5.82 Å². The summed E-state index contributed by atoms with van der Waals surface area (Å²) in [5.74, 6) is 0.611. The number of benzene rings is 2. The van der Waals surface area contributed by atoms with Crippen LogP contribution in [0.3, 0.4) is 0 Å². The Balaban J connectivity index is 0.00000210. The Morgan fingerprint density at radius 1 is 1.05 bits per heavy atom. The fraction of sp³-hybridized carbons (Fsp3) is 0.357. The number of hydrogen-bond acceptors (Lipinski definition) is 7. The van der Waals surface area contributed by atoms with Gasteiger partial charge in [0.05, 0.1) is 25.5 Å². The Morgan fingerprint density at radius 3 is 2.42 bits per heavy atom. The quantitative estimate of drug-likeness (QED) is 0.329. The molecule has 1 saturated heterocycles. The third-order valence-corrected chi connectivity index (χ3v) is 6.83. The van der Waals surface area contributed by atoms with Crippen LogP contribution in [0, 0.1) is 0 Å². The van der Waals surface area contributed by atoms with Crippen LogP contribution in [0.4, 0.5) is 0 Å². The van der Waals surface area contributed by atoms with Gasteiger partial charge >= 0.3 is 57.1 Å². The number of nitrogens with one attached hydrogen (secondary N) is 1. The minimum atomic E-state index is -0.590. The third kappa shape index (κ3) is 6.51. The van der Waals surface area contributed by atoms with E-state index in [1.165, 1.54) is 0 Å². The van der Waals surface area contributed by atoms with Crippen molar-refractivity contribution in [2.24, 2.45) is 0 Å². The van der Waals surface area contributed by atoms with Crippen molar-refractivity contribution in [3.63, 3.8) is 0 Å². The number of rotatable bonds is 8. The summed E-state index contributed by atoms with van der Waals surface area (Å²) in [6, 6.07) is 17.5. The van der Waals surface area contributed by atoms with E-state index in [0.29, 0.717) is 25.6 Å². The first-order valence-corrected chi connectivity index (χ1v) is 12.7. The number of aromatic amines is 1.